The summed E-state index contributed by atoms with van der Waals surface area (Å²) in [6, 6.07) is 9.47. The molecular formula is C13H18Cl2N4. The molecule has 0 fully saturated rings. The normalized spacial score (nSPS) is 8.53. The molecule has 0 atom stereocenters. The molecule has 0 aliphatic rings. The van der Waals surface area contributed by atoms with Crippen molar-refractivity contribution in [2.24, 2.45) is 0 Å². The van der Waals surface area contributed by atoms with Crippen LogP contribution in [0.4, 0.5) is 11.6 Å². The molecule has 0 saturated heterocycles. The van der Waals surface area contributed by atoms with E-state index in [9.17, 15) is 0 Å². The lowest BCUT2D eigenvalue weighted by Gasteiger charge is -2.03. The van der Waals surface area contributed by atoms with Crippen LogP contribution in [0.5, 0.6) is 0 Å². The third-order valence-electron chi connectivity index (χ3n) is 1.61. The Morgan fingerprint density at radius 2 is 1.26 bits per heavy atom. The minimum absolute atomic E-state index is 0.0634. The van der Waals surface area contributed by atoms with Gasteiger partial charge in [-0.1, -0.05) is 45.9 Å². The van der Waals surface area contributed by atoms with Gasteiger partial charge >= 0.3 is 0 Å². The first-order valence-corrected chi connectivity index (χ1v) is 6.89. The van der Waals surface area contributed by atoms with Gasteiger partial charge < -0.3 is 5.32 Å². The standard InChI is InChI=1S/C9H6Cl2N4.2C2H6/c10-7-13-8(11)15-9(14-7)12-6-4-2-1-3-5-6;2*1-2/h1-5H,(H,12,13,14,15);2*1-2H3. The molecule has 2 aromatic rings. The lowest BCUT2D eigenvalue weighted by molar-refractivity contribution is 1.05. The molecule has 0 spiro atoms. The molecule has 1 N–H and O–H groups in total. The van der Waals surface area contributed by atoms with E-state index in [0.29, 0.717) is 5.95 Å². The summed E-state index contributed by atoms with van der Waals surface area (Å²) in [7, 11) is 0. The van der Waals surface area contributed by atoms with Crippen molar-refractivity contribution in [3.63, 3.8) is 0 Å². The Kier molecular flexibility index (Phi) is 9.75. The number of benzene rings is 1. The topological polar surface area (TPSA) is 50.7 Å². The molecule has 0 bridgehead atoms. The predicted molar refractivity (Wildman–Crippen MR) is 82.3 cm³/mol. The van der Waals surface area contributed by atoms with Crippen molar-refractivity contribution < 1.29 is 0 Å². The second-order valence-electron chi connectivity index (χ2n) is 2.69. The molecule has 19 heavy (non-hydrogen) atoms. The molecule has 0 aliphatic carbocycles. The highest BCUT2D eigenvalue weighted by molar-refractivity contribution is 6.31. The van der Waals surface area contributed by atoms with Gasteiger partial charge in [0.1, 0.15) is 0 Å². The molecule has 1 heterocycles. The number of rotatable bonds is 2. The number of hydrogen-bond acceptors (Lipinski definition) is 4. The number of nitrogens with zero attached hydrogens (tertiary/aromatic N) is 3. The van der Waals surface area contributed by atoms with Gasteiger partial charge in [-0.15, -0.1) is 0 Å². The summed E-state index contributed by atoms with van der Waals surface area (Å²) in [5.41, 5.74) is 0.857. The number of anilines is 2. The van der Waals surface area contributed by atoms with Crippen LogP contribution < -0.4 is 5.32 Å². The van der Waals surface area contributed by atoms with E-state index >= 15 is 0 Å². The summed E-state index contributed by atoms with van der Waals surface area (Å²) >= 11 is 11.3. The van der Waals surface area contributed by atoms with Gasteiger partial charge in [-0.2, -0.15) is 15.0 Å². The Morgan fingerprint density at radius 1 is 0.789 bits per heavy atom. The fourth-order valence-electron chi connectivity index (χ4n) is 1.03. The smallest absolute Gasteiger partial charge is 0.232 e. The predicted octanol–water partition coefficient (Wildman–Crippen LogP) is 4.97. The van der Waals surface area contributed by atoms with Gasteiger partial charge in [0.15, 0.2) is 0 Å². The highest BCUT2D eigenvalue weighted by atomic mass is 35.5. The molecule has 1 aromatic heterocycles. The van der Waals surface area contributed by atoms with Crippen molar-refractivity contribution in [2.45, 2.75) is 27.7 Å². The largest absolute Gasteiger partial charge is 0.324 e. The minimum atomic E-state index is 0.0634. The Balaban J connectivity index is 0.000000741. The van der Waals surface area contributed by atoms with Gasteiger partial charge in [0, 0.05) is 5.69 Å². The number of aromatic nitrogens is 3. The Hall–Kier alpha value is -1.39. The van der Waals surface area contributed by atoms with Crippen LogP contribution in [0, 0.1) is 0 Å². The van der Waals surface area contributed by atoms with Crippen LogP contribution in [-0.2, 0) is 0 Å². The van der Waals surface area contributed by atoms with Gasteiger partial charge in [0.25, 0.3) is 0 Å². The second-order valence-corrected chi connectivity index (χ2v) is 3.36. The van der Waals surface area contributed by atoms with Crippen molar-refractivity contribution >= 4 is 34.8 Å². The van der Waals surface area contributed by atoms with Crippen molar-refractivity contribution in [1.29, 1.82) is 0 Å². The van der Waals surface area contributed by atoms with Crippen LogP contribution in [0.25, 0.3) is 0 Å². The average molecular weight is 301 g/mol. The number of nitrogens with one attached hydrogen (secondary N) is 1. The third-order valence-corrected chi connectivity index (χ3v) is 1.95. The van der Waals surface area contributed by atoms with E-state index in [0.717, 1.165) is 5.69 Å². The first-order chi connectivity index (χ1) is 9.24. The van der Waals surface area contributed by atoms with Crippen LogP contribution in [0.15, 0.2) is 30.3 Å². The molecule has 0 unspecified atom stereocenters. The van der Waals surface area contributed by atoms with E-state index in [1.54, 1.807) is 0 Å². The van der Waals surface area contributed by atoms with Gasteiger partial charge in [0.05, 0.1) is 0 Å². The van der Waals surface area contributed by atoms with E-state index in [1.807, 2.05) is 58.0 Å². The van der Waals surface area contributed by atoms with Crippen LogP contribution in [0.3, 0.4) is 0 Å². The zero-order valence-electron chi connectivity index (χ0n) is 11.5. The molecule has 104 valence electrons. The van der Waals surface area contributed by atoms with Crippen molar-refractivity contribution in [1.82, 2.24) is 15.0 Å². The Morgan fingerprint density at radius 3 is 1.74 bits per heavy atom. The Bertz CT molecular complexity index is 443. The number of halogens is 2. The zero-order chi connectivity index (χ0) is 14.7. The molecular weight excluding hydrogens is 283 g/mol. The first-order valence-electron chi connectivity index (χ1n) is 6.13. The zero-order valence-corrected chi connectivity index (χ0v) is 13.0. The summed E-state index contributed by atoms with van der Waals surface area (Å²) in [5, 5.41) is 3.08. The first kappa shape index (κ1) is 17.6. The molecule has 0 radical (unpaired) electrons. The lowest BCUT2D eigenvalue weighted by Crippen LogP contribution is -1.98. The van der Waals surface area contributed by atoms with Crippen LogP contribution in [-0.4, -0.2) is 15.0 Å². The van der Waals surface area contributed by atoms with Crippen LogP contribution >= 0.6 is 23.2 Å². The number of para-hydroxylation sites is 1. The fourth-order valence-corrected chi connectivity index (χ4v) is 1.40. The lowest BCUT2D eigenvalue weighted by atomic mass is 10.3. The highest BCUT2D eigenvalue weighted by Crippen LogP contribution is 2.14. The summed E-state index contributed by atoms with van der Waals surface area (Å²) in [6.07, 6.45) is 0. The minimum Gasteiger partial charge on any atom is -0.324 e. The molecule has 0 saturated carbocycles. The monoisotopic (exact) mass is 300 g/mol. The van der Waals surface area contributed by atoms with E-state index in [1.165, 1.54) is 0 Å². The second kappa shape index (κ2) is 10.5. The number of hydrogen-bond donors (Lipinski definition) is 1. The Labute approximate surface area is 124 Å². The quantitative estimate of drug-likeness (QED) is 0.850. The fraction of sp³-hybridized carbons (Fsp3) is 0.308. The third kappa shape index (κ3) is 6.94. The van der Waals surface area contributed by atoms with Gasteiger partial charge in [-0.3, -0.25) is 0 Å². The molecule has 4 nitrogen and oxygen atoms in total. The average Bonchev–Trinajstić information content (AvgIpc) is 2.43. The maximum absolute atomic E-state index is 5.63. The van der Waals surface area contributed by atoms with Gasteiger partial charge in [-0.05, 0) is 35.3 Å². The molecule has 2 rings (SSSR count). The van der Waals surface area contributed by atoms with E-state index in [2.05, 4.69) is 20.3 Å². The van der Waals surface area contributed by atoms with E-state index in [4.69, 9.17) is 23.2 Å². The SMILES string of the molecule is CC.CC.Clc1nc(Cl)nc(Nc2ccccc2)n1. The maximum Gasteiger partial charge on any atom is 0.232 e. The van der Waals surface area contributed by atoms with Crippen molar-refractivity contribution in [3.8, 4) is 0 Å². The summed E-state index contributed by atoms with van der Waals surface area (Å²) < 4.78 is 0. The van der Waals surface area contributed by atoms with E-state index in [-0.39, 0.29) is 10.6 Å². The van der Waals surface area contributed by atoms with Crippen molar-refractivity contribution in [3.05, 3.63) is 40.9 Å². The molecule has 0 aliphatic heterocycles. The van der Waals surface area contributed by atoms with Gasteiger partial charge in [0.2, 0.25) is 16.5 Å². The summed E-state index contributed by atoms with van der Waals surface area (Å²) in [5.74, 6) is 0.325. The summed E-state index contributed by atoms with van der Waals surface area (Å²) in [4.78, 5) is 11.4. The van der Waals surface area contributed by atoms with Crippen LogP contribution in [0.2, 0.25) is 10.6 Å². The van der Waals surface area contributed by atoms with E-state index < -0.39 is 0 Å². The highest BCUT2D eigenvalue weighted by Gasteiger charge is 2.02. The molecule has 1 aromatic carbocycles. The van der Waals surface area contributed by atoms with Crippen LogP contribution in [0.1, 0.15) is 27.7 Å². The van der Waals surface area contributed by atoms with Crippen molar-refractivity contribution in [2.75, 3.05) is 5.32 Å². The summed E-state index contributed by atoms with van der Waals surface area (Å²) in [6.45, 7) is 8.00. The maximum atomic E-state index is 5.63. The molecule has 6 heteroatoms. The van der Waals surface area contributed by atoms with Gasteiger partial charge in [-0.25, -0.2) is 0 Å². The molecule has 0 amide bonds.